The first kappa shape index (κ1) is 21.0. The van der Waals surface area contributed by atoms with Crippen molar-refractivity contribution in [1.29, 1.82) is 0 Å². The van der Waals surface area contributed by atoms with E-state index in [0.29, 0.717) is 11.3 Å². The number of nitrogens with zero attached hydrogens (tertiary/aromatic N) is 1. The number of hydrogen-bond acceptors (Lipinski definition) is 5. The highest BCUT2D eigenvalue weighted by Crippen LogP contribution is 2.43. The molecule has 0 spiro atoms. The van der Waals surface area contributed by atoms with E-state index in [4.69, 9.17) is 9.47 Å². The zero-order valence-corrected chi connectivity index (χ0v) is 16.3. The second-order valence-electron chi connectivity index (χ2n) is 6.19. The van der Waals surface area contributed by atoms with Crippen LogP contribution in [0.25, 0.3) is 0 Å². The van der Waals surface area contributed by atoms with Gasteiger partial charge in [0, 0.05) is 12.1 Å². The highest BCUT2D eigenvalue weighted by atomic mass is 32.2. The van der Waals surface area contributed by atoms with Gasteiger partial charge in [0.05, 0.1) is 12.4 Å². The van der Waals surface area contributed by atoms with E-state index in [1.165, 1.54) is 16.7 Å². The lowest BCUT2D eigenvalue weighted by atomic mass is 10.1. The van der Waals surface area contributed by atoms with Gasteiger partial charge in [0.25, 0.3) is 0 Å². The van der Waals surface area contributed by atoms with Crippen molar-refractivity contribution < 1.29 is 32.2 Å². The van der Waals surface area contributed by atoms with Crippen molar-refractivity contribution in [3.05, 3.63) is 65.0 Å². The summed E-state index contributed by atoms with van der Waals surface area (Å²) in [4.78, 5) is 25.4. The maximum absolute atomic E-state index is 13.5. The molecule has 5 nitrogen and oxygen atoms in total. The van der Waals surface area contributed by atoms with Crippen molar-refractivity contribution >= 4 is 23.6 Å². The van der Waals surface area contributed by atoms with Gasteiger partial charge < -0.3 is 14.4 Å². The number of carbonyl (C=O) groups excluding carboxylic acids is 2. The van der Waals surface area contributed by atoms with Crippen LogP contribution in [0, 0.1) is 17.5 Å². The Morgan fingerprint density at radius 1 is 1.21 bits per heavy atom. The lowest BCUT2D eigenvalue weighted by Crippen LogP contribution is -2.28. The molecule has 29 heavy (non-hydrogen) atoms. The molecule has 1 fully saturated rings. The number of benzene rings is 2. The summed E-state index contributed by atoms with van der Waals surface area (Å²) in [6.07, 6.45) is 0. The Morgan fingerprint density at radius 2 is 1.90 bits per heavy atom. The Kier molecular flexibility index (Phi) is 6.68. The smallest absolute Gasteiger partial charge is 0.344 e. The Morgan fingerprint density at radius 3 is 2.59 bits per heavy atom. The average molecular weight is 425 g/mol. The van der Waals surface area contributed by atoms with Crippen molar-refractivity contribution in [1.82, 2.24) is 4.90 Å². The first-order valence-electron chi connectivity index (χ1n) is 8.82. The van der Waals surface area contributed by atoms with Crippen molar-refractivity contribution in [3.8, 4) is 5.75 Å². The molecule has 1 aliphatic heterocycles. The molecule has 1 aliphatic rings. The van der Waals surface area contributed by atoms with Gasteiger partial charge in [-0.25, -0.2) is 18.0 Å². The Balaban J connectivity index is 1.83. The van der Waals surface area contributed by atoms with Crippen LogP contribution >= 0.6 is 11.8 Å². The first-order chi connectivity index (χ1) is 13.9. The molecule has 0 saturated carbocycles. The van der Waals surface area contributed by atoms with E-state index in [9.17, 15) is 22.8 Å². The zero-order chi connectivity index (χ0) is 21.0. The molecule has 0 radical (unpaired) electrons. The van der Waals surface area contributed by atoms with Gasteiger partial charge in [0.15, 0.2) is 24.1 Å². The maximum atomic E-state index is 13.5. The summed E-state index contributed by atoms with van der Waals surface area (Å²) in [7, 11) is 0. The molecule has 0 bridgehead atoms. The van der Waals surface area contributed by atoms with E-state index < -0.39 is 28.8 Å². The molecular weight excluding hydrogens is 407 g/mol. The van der Waals surface area contributed by atoms with Crippen LogP contribution in [0.3, 0.4) is 0 Å². The van der Waals surface area contributed by atoms with Crippen LogP contribution < -0.4 is 4.74 Å². The van der Waals surface area contributed by atoms with Crippen LogP contribution in [0.15, 0.2) is 36.4 Å². The predicted molar refractivity (Wildman–Crippen MR) is 101 cm³/mol. The molecule has 1 heterocycles. The largest absolute Gasteiger partial charge is 0.482 e. The van der Waals surface area contributed by atoms with Gasteiger partial charge in [-0.2, -0.15) is 0 Å². The summed E-state index contributed by atoms with van der Waals surface area (Å²) >= 11 is 1.32. The maximum Gasteiger partial charge on any atom is 0.344 e. The van der Waals surface area contributed by atoms with Gasteiger partial charge in [-0.1, -0.05) is 18.2 Å². The van der Waals surface area contributed by atoms with Gasteiger partial charge in [-0.3, -0.25) is 4.79 Å². The Bertz CT molecular complexity index is 901. The molecule has 1 saturated heterocycles. The van der Waals surface area contributed by atoms with E-state index in [0.717, 1.165) is 12.1 Å². The minimum absolute atomic E-state index is 0.100. The minimum atomic E-state index is -1.55. The van der Waals surface area contributed by atoms with Crippen LogP contribution in [-0.4, -0.2) is 35.7 Å². The van der Waals surface area contributed by atoms with Crippen LogP contribution in [0.1, 0.15) is 23.4 Å². The predicted octanol–water partition coefficient (Wildman–Crippen LogP) is 3.82. The third-order valence-corrected chi connectivity index (χ3v) is 5.44. The molecule has 2 aromatic carbocycles. The highest BCUT2D eigenvalue weighted by Gasteiger charge is 2.35. The molecule has 1 amide bonds. The molecule has 9 heteroatoms. The van der Waals surface area contributed by atoms with Crippen LogP contribution in [0.5, 0.6) is 5.75 Å². The molecule has 154 valence electrons. The van der Waals surface area contributed by atoms with E-state index in [1.807, 2.05) is 0 Å². The topological polar surface area (TPSA) is 55.8 Å². The quantitative estimate of drug-likeness (QED) is 0.499. The van der Waals surface area contributed by atoms with Gasteiger partial charge in [-0.05, 0) is 30.7 Å². The monoisotopic (exact) mass is 425 g/mol. The third kappa shape index (κ3) is 4.84. The number of hydrogen-bond donors (Lipinski definition) is 0. The Hall–Kier alpha value is -2.68. The van der Waals surface area contributed by atoms with Crippen LogP contribution in [0.4, 0.5) is 13.2 Å². The number of thioether (sulfide) groups is 1. The SMILES string of the molecule is CCOC(=O)COc1ccccc1C1SCC(=O)N1Cc1cc(F)c(F)c(F)c1. The minimum Gasteiger partial charge on any atom is -0.482 e. The number of esters is 1. The number of halogens is 3. The van der Waals surface area contributed by atoms with Gasteiger partial charge in [0.2, 0.25) is 5.91 Å². The normalized spacial score (nSPS) is 16.2. The molecular formula is C20H18F3NO4S. The molecule has 0 N–H and O–H groups in total. The van der Waals surface area contributed by atoms with E-state index >= 15 is 0 Å². The Labute approximate surface area is 169 Å². The van der Waals surface area contributed by atoms with Gasteiger partial charge >= 0.3 is 5.97 Å². The van der Waals surface area contributed by atoms with Gasteiger partial charge in [0.1, 0.15) is 11.1 Å². The fourth-order valence-corrected chi connectivity index (χ4v) is 4.15. The standard InChI is InChI=1S/C20H18F3NO4S/c1-2-27-18(26)10-28-16-6-4-3-5-13(16)20-24(17(25)11-29-20)9-12-7-14(21)19(23)15(22)8-12/h3-8,20H,2,9-11H2,1H3. The second kappa shape index (κ2) is 9.21. The average Bonchev–Trinajstić information content (AvgIpc) is 3.05. The molecule has 0 aromatic heterocycles. The molecule has 1 atom stereocenters. The number of ether oxygens (including phenoxy) is 2. The van der Waals surface area contributed by atoms with Crippen molar-refractivity contribution in [2.45, 2.75) is 18.8 Å². The number of rotatable bonds is 7. The summed E-state index contributed by atoms with van der Waals surface area (Å²) in [5.41, 5.74) is 0.767. The summed E-state index contributed by atoms with van der Waals surface area (Å²) < 4.78 is 50.7. The molecule has 2 aromatic rings. The van der Waals surface area contributed by atoms with Gasteiger partial charge in [-0.15, -0.1) is 11.8 Å². The van der Waals surface area contributed by atoms with Crippen molar-refractivity contribution in [2.24, 2.45) is 0 Å². The lowest BCUT2D eigenvalue weighted by molar-refractivity contribution is -0.145. The van der Waals surface area contributed by atoms with Crippen LogP contribution in [0.2, 0.25) is 0 Å². The number of carbonyl (C=O) groups is 2. The van der Waals surface area contributed by atoms with E-state index in [2.05, 4.69) is 0 Å². The second-order valence-corrected chi connectivity index (χ2v) is 7.26. The van der Waals surface area contributed by atoms with Crippen molar-refractivity contribution in [3.63, 3.8) is 0 Å². The lowest BCUT2D eigenvalue weighted by Gasteiger charge is -2.26. The molecule has 3 rings (SSSR count). The van der Waals surface area contributed by atoms with Crippen molar-refractivity contribution in [2.75, 3.05) is 19.0 Å². The molecule has 1 unspecified atom stereocenters. The fraction of sp³-hybridized carbons (Fsp3) is 0.300. The number of para-hydroxylation sites is 1. The summed E-state index contributed by atoms with van der Waals surface area (Å²) in [6.45, 7) is 1.53. The third-order valence-electron chi connectivity index (χ3n) is 4.20. The summed E-state index contributed by atoms with van der Waals surface area (Å²) in [6, 6.07) is 8.62. The molecule has 0 aliphatic carbocycles. The zero-order valence-electron chi connectivity index (χ0n) is 15.5. The fourth-order valence-electron chi connectivity index (χ4n) is 2.93. The van der Waals surface area contributed by atoms with E-state index in [1.54, 1.807) is 31.2 Å². The van der Waals surface area contributed by atoms with E-state index in [-0.39, 0.29) is 37.0 Å². The van der Waals surface area contributed by atoms with Crippen LogP contribution in [-0.2, 0) is 20.9 Å². The highest BCUT2D eigenvalue weighted by molar-refractivity contribution is 8.00. The number of amides is 1. The first-order valence-corrected chi connectivity index (χ1v) is 9.87. The summed E-state index contributed by atoms with van der Waals surface area (Å²) in [5.74, 6) is -4.36. The summed E-state index contributed by atoms with van der Waals surface area (Å²) in [5, 5.41) is -0.489.